The van der Waals surface area contributed by atoms with Crippen molar-refractivity contribution in [1.82, 2.24) is 4.98 Å². The molecule has 1 aromatic rings. The molecule has 0 N–H and O–H groups in total. The molecule has 0 bridgehead atoms. The highest BCUT2D eigenvalue weighted by molar-refractivity contribution is 9.10. The highest BCUT2D eigenvalue weighted by Gasteiger charge is 2.16. The van der Waals surface area contributed by atoms with Crippen LogP contribution >= 0.6 is 31.9 Å². The minimum absolute atomic E-state index is 0.0330. The van der Waals surface area contributed by atoms with Crippen LogP contribution in [0, 0.1) is 0 Å². The molecule has 0 unspecified atom stereocenters. The maximum atomic E-state index is 12.4. The zero-order chi connectivity index (χ0) is 9.14. The summed E-state index contributed by atoms with van der Waals surface area (Å²) in [4.78, 5) is 3.82. The normalized spacial score (nSPS) is 10.8. The number of halogens is 4. The molecular formula is C7H5Br2F2N. The molecule has 0 atom stereocenters. The molecule has 0 fully saturated rings. The molecule has 0 aliphatic rings. The predicted molar refractivity (Wildman–Crippen MR) is 49.5 cm³/mol. The van der Waals surface area contributed by atoms with Gasteiger partial charge in [0.2, 0.25) is 0 Å². The molecule has 1 heterocycles. The highest BCUT2D eigenvalue weighted by atomic mass is 79.9. The van der Waals surface area contributed by atoms with Gasteiger partial charge in [0.25, 0.3) is 6.43 Å². The lowest BCUT2D eigenvalue weighted by Crippen LogP contribution is -1.96. The molecule has 0 saturated heterocycles. The van der Waals surface area contributed by atoms with Gasteiger partial charge in [-0.25, -0.2) is 8.78 Å². The quantitative estimate of drug-likeness (QED) is 0.759. The minimum Gasteiger partial charge on any atom is -0.260 e. The molecule has 0 aromatic carbocycles. The summed E-state index contributed by atoms with van der Waals surface area (Å²) in [6, 6.07) is 1.51. The number of aromatic nitrogens is 1. The third-order valence-corrected chi connectivity index (χ3v) is 2.59. The number of hydrogen-bond acceptors (Lipinski definition) is 1. The van der Waals surface area contributed by atoms with E-state index in [1.807, 2.05) is 0 Å². The lowest BCUT2D eigenvalue weighted by Gasteiger charge is -2.06. The molecule has 1 rings (SSSR count). The van der Waals surface area contributed by atoms with Crippen LogP contribution in [-0.2, 0) is 5.33 Å². The fourth-order valence-electron chi connectivity index (χ4n) is 0.827. The largest absolute Gasteiger partial charge is 0.266 e. The van der Waals surface area contributed by atoms with Gasteiger partial charge in [0.05, 0.1) is 11.3 Å². The molecule has 0 radical (unpaired) electrons. The molecule has 0 aliphatic carbocycles. The number of rotatable bonds is 2. The summed E-state index contributed by atoms with van der Waals surface area (Å²) in [5.74, 6) is 0. The van der Waals surface area contributed by atoms with Crippen molar-refractivity contribution in [1.29, 1.82) is 0 Å². The predicted octanol–water partition coefficient (Wildman–Crippen LogP) is 3.68. The van der Waals surface area contributed by atoms with Crippen LogP contribution in [0.15, 0.2) is 16.7 Å². The third kappa shape index (κ3) is 2.01. The lowest BCUT2D eigenvalue weighted by atomic mass is 10.2. The van der Waals surface area contributed by atoms with Crippen LogP contribution in [0.2, 0.25) is 0 Å². The second-order valence-corrected chi connectivity index (χ2v) is 3.50. The summed E-state index contributed by atoms with van der Waals surface area (Å²) in [5, 5.41) is 0.339. The molecule has 5 heteroatoms. The SMILES string of the molecule is FC(F)c1c(Br)ccnc1CBr. The topological polar surface area (TPSA) is 12.9 Å². The Balaban J connectivity index is 3.20. The molecule has 12 heavy (non-hydrogen) atoms. The average Bonchev–Trinajstić information content (AvgIpc) is 2.03. The highest BCUT2D eigenvalue weighted by Crippen LogP contribution is 2.30. The van der Waals surface area contributed by atoms with Gasteiger partial charge < -0.3 is 0 Å². The minimum atomic E-state index is -2.49. The molecule has 0 aliphatic heterocycles. The van der Waals surface area contributed by atoms with Crippen molar-refractivity contribution < 1.29 is 8.78 Å². The number of nitrogens with zero attached hydrogens (tertiary/aromatic N) is 1. The molecule has 0 amide bonds. The van der Waals surface area contributed by atoms with E-state index in [4.69, 9.17) is 0 Å². The van der Waals surface area contributed by atoms with Crippen LogP contribution in [-0.4, -0.2) is 4.98 Å². The molecule has 0 spiro atoms. The molecule has 0 saturated carbocycles. The van der Waals surface area contributed by atoms with Gasteiger partial charge in [-0.15, -0.1) is 0 Å². The Morgan fingerprint density at radius 3 is 2.58 bits per heavy atom. The van der Waals surface area contributed by atoms with Crippen molar-refractivity contribution in [2.45, 2.75) is 11.8 Å². The van der Waals surface area contributed by atoms with Gasteiger partial charge in [-0.05, 0) is 6.07 Å². The van der Waals surface area contributed by atoms with Gasteiger partial charge in [-0.3, -0.25) is 4.98 Å². The standard InChI is InChI=1S/C7H5Br2F2N/c8-3-5-6(7(10)11)4(9)1-2-12-5/h1-2,7H,3H2. The fourth-order valence-corrected chi connectivity index (χ4v) is 1.79. The fraction of sp³-hybridized carbons (Fsp3) is 0.286. The lowest BCUT2D eigenvalue weighted by molar-refractivity contribution is 0.149. The number of pyridine rings is 1. The van der Waals surface area contributed by atoms with E-state index in [2.05, 4.69) is 36.8 Å². The van der Waals surface area contributed by atoms with E-state index in [9.17, 15) is 8.78 Å². The monoisotopic (exact) mass is 299 g/mol. The zero-order valence-electron chi connectivity index (χ0n) is 5.90. The maximum Gasteiger partial charge on any atom is 0.266 e. The second kappa shape index (κ2) is 4.28. The zero-order valence-corrected chi connectivity index (χ0v) is 9.07. The van der Waals surface area contributed by atoms with Crippen molar-refractivity contribution in [3.63, 3.8) is 0 Å². The Hall–Kier alpha value is -0.0300. The molecule has 1 nitrogen and oxygen atoms in total. The first-order valence-electron chi connectivity index (χ1n) is 3.14. The summed E-state index contributed by atoms with van der Waals surface area (Å²) in [7, 11) is 0. The van der Waals surface area contributed by atoms with Crippen LogP contribution in [0.1, 0.15) is 17.7 Å². The van der Waals surface area contributed by atoms with E-state index in [0.717, 1.165) is 0 Å². The van der Waals surface area contributed by atoms with Crippen molar-refractivity contribution >= 4 is 31.9 Å². The van der Waals surface area contributed by atoms with Crippen LogP contribution in [0.25, 0.3) is 0 Å². The van der Waals surface area contributed by atoms with E-state index in [1.54, 1.807) is 0 Å². The van der Waals surface area contributed by atoms with Crippen molar-refractivity contribution in [2.24, 2.45) is 0 Å². The van der Waals surface area contributed by atoms with Crippen LogP contribution < -0.4 is 0 Å². The third-order valence-electron chi connectivity index (χ3n) is 1.36. The Morgan fingerprint density at radius 2 is 2.17 bits per heavy atom. The summed E-state index contributed by atoms with van der Waals surface area (Å²) in [5.41, 5.74) is 0.341. The van der Waals surface area contributed by atoms with E-state index < -0.39 is 6.43 Å². The average molecular weight is 301 g/mol. The second-order valence-electron chi connectivity index (χ2n) is 2.09. The van der Waals surface area contributed by atoms with Gasteiger partial charge in [0.15, 0.2) is 0 Å². The summed E-state index contributed by atoms with van der Waals surface area (Å²) < 4.78 is 25.2. The van der Waals surface area contributed by atoms with E-state index in [-0.39, 0.29) is 5.56 Å². The summed E-state index contributed by atoms with van der Waals surface area (Å²) >= 11 is 6.14. The van der Waals surface area contributed by atoms with Crippen molar-refractivity contribution in [3.05, 3.63) is 28.0 Å². The van der Waals surface area contributed by atoms with Gasteiger partial charge in [-0.1, -0.05) is 31.9 Å². The van der Waals surface area contributed by atoms with Crippen LogP contribution in [0.3, 0.4) is 0 Å². The van der Waals surface area contributed by atoms with Gasteiger partial charge in [-0.2, -0.15) is 0 Å². The number of hydrogen-bond donors (Lipinski definition) is 0. The molecular weight excluding hydrogens is 296 g/mol. The maximum absolute atomic E-state index is 12.4. The first-order chi connectivity index (χ1) is 5.66. The van der Waals surface area contributed by atoms with Gasteiger partial charge in [0, 0.05) is 16.0 Å². The van der Waals surface area contributed by atoms with Crippen LogP contribution in [0.5, 0.6) is 0 Å². The summed E-state index contributed by atoms with van der Waals surface area (Å²) in [6.07, 6.45) is -0.993. The molecule has 66 valence electrons. The van der Waals surface area contributed by atoms with Crippen LogP contribution in [0.4, 0.5) is 8.78 Å². The Labute approximate surface area is 85.4 Å². The van der Waals surface area contributed by atoms with Gasteiger partial charge in [0.1, 0.15) is 0 Å². The van der Waals surface area contributed by atoms with Gasteiger partial charge >= 0.3 is 0 Å². The Bertz CT molecular complexity index is 278. The van der Waals surface area contributed by atoms with E-state index in [1.165, 1.54) is 12.3 Å². The smallest absolute Gasteiger partial charge is 0.260 e. The molecule has 1 aromatic heterocycles. The Kier molecular flexibility index (Phi) is 3.58. The summed E-state index contributed by atoms with van der Waals surface area (Å²) in [6.45, 7) is 0. The Morgan fingerprint density at radius 1 is 1.50 bits per heavy atom. The van der Waals surface area contributed by atoms with Crippen molar-refractivity contribution in [2.75, 3.05) is 0 Å². The van der Waals surface area contributed by atoms with Crippen molar-refractivity contribution in [3.8, 4) is 0 Å². The number of alkyl halides is 3. The first kappa shape index (κ1) is 10.1. The first-order valence-corrected chi connectivity index (χ1v) is 5.05. The van der Waals surface area contributed by atoms with E-state index >= 15 is 0 Å². The van der Waals surface area contributed by atoms with E-state index in [0.29, 0.717) is 15.5 Å².